The molecule has 0 aromatic heterocycles. The van der Waals surface area contributed by atoms with Crippen molar-refractivity contribution >= 4 is 11.7 Å². The van der Waals surface area contributed by atoms with Crippen LogP contribution in [-0.4, -0.2) is 18.3 Å². The average molecular weight is 189 g/mol. The third-order valence-electron chi connectivity index (χ3n) is 1.98. The summed E-state index contributed by atoms with van der Waals surface area (Å²) in [6, 6.07) is 10.00. The van der Waals surface area contributed by atoms with Crippen LogP contribution in [0.15, 0.2) is 35.4 Å². The van der Waals surface area contributed by atoms with Gasteiger partial charge in [-0.15, -0.1) is 0 Å². The number of nitrogens with one attached hydrogen (secondary N) is 2. The maximum atomic E-state index is 10.8. The van der Waals surface area contributed by atoms with Gasteiger partial charge >= 0.3 is 0 Å². The summed E-state index contributed by atoms with van der Waals surface area (Å²) in [5.41, 5.74) is 3.61. The molecule has 1 aromatic rings. The highest BCUT2D eigenvalue weighted by Crippen LogP contribution is 2.00. The first-order valence-corrected chi connectivity index (χ1v) is 4.48. The number of hydrogen-bond acceptors (Lipinski definition) is 3. The van der Waals surface area contributed by atoms with Gasteiger partial charge in [0, 0.05) is 6.42 Å². The minimum Gasteiger partial charge on any atom is -0.363 e. The molecule has 0 spiro atoms. The van der Waals surface area contributed by atoms with Gasteiger partial charge in [0.05, 0.1) is 6.54 Å². The van der Waals surface area contributed by atoms with Gasteiger partial charge < -0.3 is 5.32 Å². The second-order valence-corrected chi connectivity index (χ2v) is 3.11. The fraction of sp³-hybridized carbons (Fsp3) is 0.200. The minimum atomic E-state index is -0.0955. The molecule has 0 unspecified atom stereocenters. The number of nitrogens with zero attached hydrogens (tertiary/aromatic N) is 1. The maximum Gasteiger partial charge on any atom is 0.259 e. The lowest BCUT2D eigenvalue weighted by atomic mass is 10.1. The predicted octanol–water partition coefficient (Wildman–Crippen LogP) is 0.262. The SMILES string of the molecule is O=C1CNC(Cc2ccccc2)=NN1. The summed E-state index contributed by atoms with van der Waals surface area (Å²) in [6.45, 7) is 0.311. The van der Waals surface area contributed by atoms with Crippen LogP contribution in [0, 0.1) is 0 Å². The van der Waals surface area contributed by atoms with Crippen LogP contribution in [0.1, 0.15) is 5.56 Å². The van der Waals surface area contributed by atoms with Crippen molar-refractivity contribution in [1.29, 1.82) is 0 Å². The van der Waals surface area contributed by atoms with Crippen LogP contribution >= 0.6 is 0 Å². The van der Waals surface area contributed by atoms with Gasteiger partial charge in [-0.2, -0.15) is 5.10 Å². The number of hydrazone groups is 1. The van der Waals surface area contributed by atoms with Gasteiger partial charge in [0.25, 0.3) is 5.91 Å². The van der Waals surface area contributed by atoms with E-state index in [1.807, 2.05) is 30.3 Å². The Morgan fingerprint density at radius 2 is 2.07 bits per heavy atom. The summed E-state index contributed by atoms with van der Waals surface area (Å²) in [6.07, 6.45) is 0.723. The predicted molar refractivity (Wildman–Crippen MR) is 53.7 cm³/mol. The second-order valence-electron chi connectivity index (χ2n) is 3.11. The Bertz CT molecular complexity index is 359. The van der Waals surface area contributed by atoms with Crippen molar-refractivity contribution in [2.45, 2.75) is 6.42 Å². The molecule has 4 nitrogen and oxygen atoms in total. The summed E-state index contributed by atoms with van der Waals surface area (Å²) in [4.78, 5) is 10.8. The molecule has 14 heavy (non-hydrogen) atoms. The van der Waals surface area contributed by atoms with Gasteiger partial charge in [-0.3, -0.25) is 4.79 Å². The Morgan fingerprint density at radius 1 is 1.29 bits per heavy atom. The highest BCUT2D eigenvalue weighted by Gasteiger charge is 2.09. The molecule has 2 rings (SSSR count). The number of hydrogen-bond donors (Lipinski definition) is 2. The molecule has 1 aliphatic rings. The molecule has 72 valence electrons. The fourth-order valence-corrected chi connectivity index (χ4v) is 1.28. The topological polar surface area (TPSA) is 53.5 Å². The standard InChI is InChI=1S/C10H11N3O/c14-10-7-11-9(12-13-10)6-8-4-2-1-3-5-8/h1-5H,6-7H2,(H,11,12)(H,13,14). The van der Waals surface area contributed by atoms with E-state index in [2.05, 4.69) is 15.8 Å². The zero-order chi connectivity index (χ0) is 9.80. The van der Waals surface area contributed by atoms with E-state index >= 15 is 0 Å². The van der Waals surface area contributed by atoms with E-state index in [4.69, 9.17) is 0 Å². The average Bonchev–Trinajstić information content (AvgIpc) is 2.23. The molecular weight excluding hydrogens is 178 g/mol. The number of benzene rings is 1. The molecular formula is C10H11N3O. The van der Waals surface area contributed by atoms with Crippen LogP contribution in [0.5, 0.6) is 0 Å². The van der Waals surface area contributed by atoms with Gasteiger partial charge in [0.1, 0.15) is 5.84 Å². The number of rotatable bonds is 2. The van der Waals surface area contributed by atoms with Gasteiger partial charge in [-0.05, 0) is 5.56 Å². The summed E-state index contributed by atoms with van der Waals surface area (Å²) >= 11 is 0. The molecule has 4 heteroatoms. The molecule has 1 aliphatic heterocycles. The van der Waals surface area contributed by atoms with E-state index in [0.717, 1.165) is 12.3 Å². The first kappa shape index (κ1) is 8.74. The lowest BCUT2D eigenvalue weighted by molar-refractivity contribution is -0.120. The van der Waals surface area contributed by atoms with Crippen molar-refractivity contribution in [3.8, 4) is 0 Å². The first-order chi connectivity index (χ1) is 6.84. The Balaban J connectivity index is 2.02. The van der Waals surface area contributed by atoms with Gasteiger partial charge in [0.2, 0.25) is 0 Å². The fourth-order valence-electron chi connectivity index (χ4n) is 1.28. The molecule has 0 bridgehead atoms. The molecule has 0 radical (unpaired) electrons. The van der Waals surface area contributed by atoms with E-state index in [-0.39, 0.29) is 5.91 Å². The number of amidine groups is 1. The molecule has 1 heterocycles. The lowest BCUT2D eigenvalue weighted by Gasteiger charge is -2.14. The highest BCUT2D eigenvalue weighted by atomic mass is 16.2. The number of carbonyl (C=O) groups is 1. The van der Waals surface area contributed by atoms with Gasteiger partial charge in [0.15, 0.2) is 0 Å². The van der Waals surface area contributed by atoms with E-state index in [1.54, 1.807) is 0 Å². The van der Waals surface area contributed by atoms with Crippen molar-refractivity contribution < 1.29 is 4.79 Å². The normalized spacial score (nSPS) is 15.4. The zero-order valence-corrected chi connectivity index (χ0v) is 7.66. The zero-order valence-electron chi connectivity index (χ0n) is 7.66. The smallest absolute Gasteiger partial charge is 0.259 e. The van der Waals surface area contributed by atoms with Crippen molar-refractivity contribution in [2.24, 2.45) is 5.10 Å². The van der Waals surface area contributed by atoms with Crippen molar-refractivity contribution in [1.82, 2.24) is 10.7 Å². The molecule has 2 N–H and O–H groups in total. The lowest BCUT2D eigenvalue weighted by Crippen LogP contribution is -2.42. The molecule has 0 aliphatic carbocycles. The third-order valence-corrected chi connectivity index (χ3v) is 1.98. The van der Waals surface area contributed by atoms with Gasteiger partial charge in [-0.25, -0.2) is 5.43 Å². The maximum absolute atomic E-state index is 10.8. The van der Waals surface area contributed by atoms with Gasteiger partial charge in [-0.1, -0.05) is 30.3 Å². The first-order valence-electron chi connectivity index (χ1n) is 4.48. The van der Waals surface area contributed by atoms with E-state index in [9.17, 15) is 4.79 Å². The molecule has 0 saturated heterocycles. The third kappa shape index (κ3) is 2.10. The summed E-state index contributed by atoms with van der Waals surface area (Å²) < 4.78 is 0. The van der Waals surface area contributed by atoms with Crippen LogP contribution in [0.3, 0.4) is 0 Å². The molecule has 1 amide bonds. The largest absolute Gasteiger partial charge is 0.363 e. The Labute approximate surface area is 82.0 Å². The molecule has 0 fully saturated rings. The van der Waals surface area contributed by atoms with Crippen LogP contribution in [-0.2, 0) is 11.2 Å². The molecule has 0 atom stereocenters. The van der Waals surface area contributed by atoms with Crippen LogP contribution in [0.25, 0.3) is 0 Å². The van der Waals surface area contributed by atoms with E-state index in [0.29, 0.717) is 6.54 Å². The van der Waals surface area contributed by atoms with E-state index in [1.165, 1.54) is 5.56 Å². The van der Waals surface area contributed by atoms with Crippen LogP contribution in [0.4, 0.5) is 0 Å². The summed E-state index contributed by atoms with van der Waals surface area (Å²) in [7, 11) is 0. The monoisotopic (exact) mass is 189 g/mol. The summed E-state index contributed by atoms with van der Waals surface area (Å²) in [5.74, 6) is 0.706. The number of amides is 1. The quantitative estimate of drug-likeness (QED) is 0.701. The Morgan fingerprint density at radius 3 is 2.71 bits per heavy atom. The van der Waals surface area contributed by atoms with Crippen molar-refractivity contribution in [2.75, 3.05) is 6.54 Å². The Hall–Kier alpha value is -1.84. The molecule has 0 saturated carbocycles. The Kier molecular flexibility index (Phi) is 2.44. The van der Waals surface area contributed by atoms with Crippen molar-refractivity contribution in [3.05, 3.63) is 35.9 Å². The number of carbonyl (C=O) groups excluding carboxylic acids is 1. The van der Waals surface area contributed by atoms with E-state index < -0.39 is 0 Å². The summed E-state index contributed by atoms with van der Waals surface area (Å²) in [5, 5.41) is 6.87. The molecule has 1 aromatic carbocycles. The van der Waals surface area contributed by atoms with Crippen LogP contribution < -0.4 is 10.7 Å². The highest BCUT2D eigenvalue weighted by molar-refractivity contribution is 5.92. The minimum absolute atomic E-state index is 0.0955. The van der Waals surface area contributed by atoms with Crippen LogP contribution in [0.2, 0.25) is 0 Å². The second kappa shape index (κ2) is 3.91. The van der Waals surface area contributed by atoms with Crippen molar-refractivity contribution in [3.63, 3.8) is 0 Å².